The number of aliphatic hydroxyl groups is 1. The predicted molar refractivity (Wildman–Crippen MR) is 71.5 cm³/mol. The molecule has 0 bridgehead atoms. The summed E-state index contributed by atoms with van der Waals surface area (Å²) >= 11 is 0. The Hall–Kier alpha value is -1.82. The quantitative estimate of drug-likeness (QED) is 0.433. The molecule has 6 nitrogen and oxygen atoms in total. The Morgan fingerprint density at radius 3 is 2.28 bits per heavy atom. The summed E-state index contributed by atoms with van der Waals surface area (Å²) in [4.78, 5) is 10.1. The molecule has 1 aromatic rings. The van der Waals surface area contributed by atoms with Crippen LogP contribution in [0.15, 0.2) is 18.2 Å². The lowest BCUT2D eigenvalue weighted by atomic mass is 9.86. The van der Waals surface area contributed by atoms with Crippen molar-refractivity contribution >= 4 is 17.1 Å². The summed E-state index contributed by atoms with van der Waals surface area (Å²) < 4.78 is 0. The van der Waals surface area contributed by atoms with Crippen molar-refractivity contribution in [3.8, 4) is 0 Å². The molecule has 0 aliphatic rings. The van der Waals surface area contributed by atoms with Crippen LogP contribution in [-0.2, 0) is 0 Å². The van der Waals surface area contributed by atoms with Crippen LogP contribution in [0.5, 0.6) is 0 Å². The van der Waals surface area contributed by atoms with Crippen molar-refractivity contribution in [1.82, 2.24) is 0 Å². The monoisotopic (exact) mass is 253 g/mol. The lowest BCUT2D eigenvalue weighted by molar-refractivity contribution is -0.383. The zero-order valence-electron chi connectivity index (χ0n) is 11.0. The summed E-state index contributed by atoms with van der Waals surface area (Å²) in [6.07, 6.45) is 0. The fraction of sp³-hybridized carbons (Fsp3) is 0.500. The zero-order chi connectivity index (χ0) is 14.1. The smallest absolute Gasteiger partial charge is 0.292 e. The standard InChI is InChI=1S/C12H19N3O3/c1-11(2,12(3,4)16)14-8-5-6-10(15(17)18)9(13)7-8/h5-7,14,16H,13H2,1-4H3. The lowest BCUT2D eigenvalue weighted by Crippen LogP contribution is -2.51. The van der Waals surface area contributed by atoms with Gasteiger partial charge in [0.25, 0.3) is 5.69 Å². The molecule has 0 aliphatic carbocycles. The minimum absolute atomic E-state index is 0.0940. The maximum Gasteiger partial charge on any atom is 0.292 e. The van der Waals surface area contributed by atoms with Crippen LogP contribution in [0.1, 0.15) is 27.7 Å². The molecule has 0 spiro atoms. The van der Waals surface area contributed by atoms with E-state index in [0.29, 0.717) is 5.69 Å². The lowest BCUT2D eigenvalue weighted by Gasteiger charge is -2.38. The summed E-state index contributed by atoms with van der Waals surface area (Å²) in [5, 5.41) is 23.8. The molecule has 0 heterocycles. The van der Waals surface area contributed by atoms with Crippen molar-refractivity contribution in [3.05, 3.63) is 28.3 Å². The van der Waals surface area contributed by atoms with E-state index in [1.807, 2.05) is 13.8 Å². The number of hydrogen-bond donors (Lipinski definition) is 3. The molecule has 0 fully saturated rings. The number of nitro benzene ring substituents is 1. The number of rotatable bonds is 4. The number of nitrogens with one attached hydrogen (secondary N) is 1. The van der Waals surface area contributed by atoms with Gasteiger partial charge < -0.3 is 16.2 Å². The maximum absolute atomic E-state index is 10.6. The second kappa shape index (κ2) is 4.45. The Balaban J connectivity index is 3.01. The highest BCUT2D eigenvalue weighted by Crippen LogP contribution is 2.29. The normalized spacial score (nSPS) is 12.3. The molecule has 6 heteroatoms. The molecule has 0 atom stereocenters. The van der Waals surface area contributed by atoms with Crippen LogP contribution in [0.25, 0.3) is 0 Å². The Morgan fingerprint density at radius 2 is 1.89 bits per heavy atom. The predicted octanol–water partition coefficient (Wildman–Crippen LogP) is 2.14. The molecule has 0 saturated heterocycles. The van der Waals surface area contributed by atoms with E-state index in [2.05, 4.69) is 5.32 Å². The van der Waals surface area contributed by atoms with Gasteiger partial charge in [-0.3, -0.25) is 10.1 Å². The van der Waals surface area contributed by atoms with E-state index >= 15 is 0 Å². The Morgan fingerprint density at radius 1 is 1.33 bits per heavy atom. The first-order valence-corrected chi connectivity index (χ1v) is 5.59. The van der Waals surface area contributed by atoms with Crippen LogP contribution in [0.4, 0.5) is 17.1 Å². The van der Waals surface area contributed by atoms with Gasteiger partial charge in [-0.15, -0.1) is 0 Å². The van der Waals surface area contributed by atoms with Crippen LogP contribution in [0, 0.1) is 10.1 Å². The number of nitrogen functional groups attached to an aromatic ring is 1. The Kier molecular flexibility index (Phi) is 3.52. The second-order valence-corrected chi connectivity index (χ2v) is 5.34. The summed E-state index contributed by atoms with van der Waals surface area (Å²) in [6, 6.07) is 4.41. The summed E-state index contributed by atoms with van der Waals surface area (Å²) in [7, 11) is 0. The number of anilines is 2. The van der Waals surface area contributed by atoms with Crippen molar-refractivity contribution in [1.29, 1.82) is 0 Å². The highest BCUT2D eigenvalue weighted by Gasteiger charge is 2.35. The second-order valence-electron chi connectivity index (χ2n) is 5.34. The highest BCUT2D eigenvalue weighted by atomic mass is 16.6. The van der Waals surface area contributed by atoms with Gasteiger partial charge in [0.1, 0.15) is 5.69 Å². The molecule has 1 aromatic carbocycles. The minimum Gasteiger partial charge on any atom is -0.393 e. The third-order valence-electron chi connectivity index (χ3n) is 3.21. The summed E-state index contributed by atoms with van der Waals surface area (Å²) in [5.74, 6) is 0. The van der Waals surface area contributed by atoms with Crippen LogP contribution < -0.4 is 11.1 Å². The third kappa shape index (κ3) is 2.89. The first-order valence-electron chi connectivity index (χ1n) is 5.59. The largest absolute Gasteiger partial charge is 0.393 e. The molecule has 0 unspecified atom stereocenters. The molecule has 0 aromatic heterocycles. The van der Waals surface area contributed by atoms with E-state index in [-0.39, 0.29) is 11.4 Å². The number of hydrogen-bond acceptors (Lipinski definition) is 5. The third-order valence-corrected chi connectivity index (χ3v) is 3.21. The van der Waals surface area contributed by atoms with Crippen LogP contribution in [0.2, 0.25) is 0 Å². The molecule has 0 radical (unpaired) electrons. The van der Waals surface area contributed by atoms with Gasteiger partial charge in [0.2, 0.25) is 0 Å². The fourth-order valence-electron chi connectivity index (χ4n) is 1.31. The number of nitro groups is 1. The molecule has 4 N–H and O–H groups in total. The van der Waals surface area contributed by atoms with Crippen molar-refractivity contribution in [3.63, 3.8) is 0 Å². The van der Waals surface area contributed by atoms with Crippen LogP contribution in [0.3, 0.4) is 0 Å². The van der Waals surface area contributed by atoms with E-state index < -0.39 is 16.1 Å². The van der Waals surface area contributed by atoms with Crippen molar-refractivity contribution in [2.75, 3.05) is 11.1 Å². The van der Waals surface area contributed by atoms with Gasteiger partial charge in [-0.1, -0.05) is 0 Å². The zero-order valence-corrected chi connectivity index (χ0v) is 11.0. The molecule has 0 amide bonds. The fourth-order valence-corrected chi connectivity index (χ4v) is 1.31. The van der Waals surface area contributed by atoms with Crippen molar-refractivity contribution in [2.24, 2.45) is 0 Å². The van der Waals surface area contributed by atoms with Gasteiger partial charge in [0, 0.05) is 11.8 Å². The molecule has 100 valence electrons. The average molecular weight is 253 g/mol. The van der Waals surface area contributed by atoms with Gasteiger partial charge in [0.05, 0.1) is 16.1 Å². The van der Waals surface area contributed by atoms with E-state index in [1.165, 1.54) is 12.1 Å². The van der Waals surface area contributed by atoms with Gasteiger partial charge >= 0.3 is 0 Å². The maximum atomic E-state index is 10.6. The summed E-state index contributed by atoms with van der Waals surface area (Å²) in [6.45, 7) is 7.05. The molecule has 18 heavy (non-hydrogen) atoms. The number of nitrogens with two attached hydrogens (primary N) is 1. The highest BCUT2D eigenvalue weighted by molar-refractivity contribution is 5.66. The molecular weight excluding hydrogens is 234 g/mol. The molecular formula is C12H19N3O3. The van der Waals surface area contributed by atoms with Crippen LogP contribution in [-0.4, -0.2) is 21.2 Å². The number of nitrogens with zero attached hydrogens (tertiary/aromatic N) is 1. The van der Waals surface area contributed by atoms with E-state index in [9.17, 15) is 15.2 Å². The van der Waals surface area contributed by atoms with Gasteiger partial charge in [-0.05, 0) is 39.8 Å². The van der Waals surface area contributed by atoms with Crippen molar-refractivity contribution < 1.29 is 10.0 Å². The molecule has 0 saturated carbocycles. The Labute approximate surface area is 106 Å². The summed E-state index contributed by atoms with van der Waals surface area (Å²) in [5.41, 5.74) is 4.65. The van der Waals surface area contributed by atoms with E-state index in [4.69, 9.17) is 5.73 Å². The topological polar surface area (TPSA) is 101 Å². The average Bonchev–Trinajstić information content (AvgIpc) is 2.14. The minimum atomic E-state index is -0.955. The van der Waals surface area contributed by atoms with Gasteiger partial charge in [-0.2, -0.15) is 0 Å². The molecule has 1 rings (SSSR count). The van der Waals surface area contributed by atoms with Gasteiger partial charge in [-0.25, -0.2) is 0 Å². The van der Waals surface area contributed by atoms with E-state index in [0.717, 1.165) is 0 Å². The first kappa shape index (κ1) is 14.2. The Bertz CT molecular complexity index is 464. The number of benzene rings is 1. The first-order chi connectivity index (χ1) is 8.04. The SMILES string of the molecule is CC(C)(O)C(C)(C)Nc1ccc([N+](=O)[O-])c(N)c1. The van der Waals surface area contributed by atoms with Crippen LogP contribution >= 0.6 is 0 Å². The van der Waals surface area contributed by atoms with E-state index in [1.54, 1.807) is 19.9 Å². The molecule has 0 aliphatic heterocycles. The van der Waals surface area contributed by atoms with Crippen molar-refractivity contribution in [2.45, 2.75) is 38.8 Å². The van der Waals surface area contributed by atoms with Gasteiger partial charge in [0.15, 0.2) is 0 Å².